The van der Waals surface area contributed by atoms with E-state index in [0.29, 0.717) is 31.6 Å². The van der Waals surface area contributed by atoms with Crippen molar-refractivity contribution in [3.8, 4) is 0 Å². The van der Waals surface area contributed by atoms with Crippen molar-refractivity contribution in [2.24, 2.45) is 4.99 Å². The molecule has 0 saturated carbocycles. The van der Waals surface area contributed by atoms with Gasteiger partial charge in [-0.2, -0.15) is 0 Å². The molecule has 1 aromatic rings. The average molecular weight is 391 g/mol. The molecule has 0 aliphatic carbocycles. The number of amides is 3. The highest BCUT2D eigenvalue weighted by molar-refractivity contribution is 6.23. The van der Waals surface area contributed by atoms with Gasteiger partial charge < -0.3 is 9.47 Å². The van der Waals surface area contributed by atoms with Crippen molar-refractivity contribution in [2.75, 3.05) is 47.1 Å². The van der Waals surface area contributed by atoms with Crippen molar-refractivity contribution < 1.29 is 23.6 Å². The Labute approximate surface area is 164 Å². The molecule has 1 fully saturated rings. The number of aryl methyl sites for hydroxylation is 2. The fraction of sp³-hybridized carbons (Fsp3) is 0.611. The van der Waals surface area contributed by atoms with Crippen LogP contribution in [0.25, 0.3) is 0 Å². The van der Waals surface area contributed by atoms with Gasteiger partial charge in [0.15, 0.2) is 0 Å². The second-order valence-corrected chi connectivity index (χ2v) is 6.73. The molecular weight excluding hydrogens is 364 g/mol. The molecule has 10 heteroatoms. The van der Waals surface area contributed by atoms with E-state index < -0.39 is 12.1 Å². The van der Waals surface area contributed by atoms with E-state index >= 15 is 0 Å². The Balaban J connectivity index is 2.05. The second-order valence-electron chi connectivity index (χ2n) is 6.73. The molecule has 152 valence electrons. The topological polar surface area (TPSA) is 92.3 Å². The molecule has 3 rings (SSSR count). The minimum Gasteiger partial charge on any atom is -0.383 e. The van der Waals surface area contributed by atoms with Gasteiger partial charge >= 0.3 is 12.0 Å². The Morgan fingerprint density at radius 3 is 2.61 bits per heavy atom. The first-order valence-corrected chi connectivity index (χ1v) is 9.32. The van der Waals surface area contributed by atoms with Gasteiger partial charge in [-0.15, -0.1) is 9.78 Å². The van der Waals surface area contributed by atoms with Crippen molar-refractivity contribution in [2.45, 2.75) is 26.8 Å². The lowest BCUT2D eigenvalue weighted by molar-refractivity contribution is -0.540. The molecule has 0 bridgehead atoms. The zero-order chi connectivity index (χ0) is 20.4. The number of rotatable bonds is 7. The van der Waals surface area contributed by atoms with Crippen LogP contribution in [0, 0.1) is 13.8 Å². The van der Waals surface area contributed by atoms with Crippen LogP contribution >= 0.6 is 0 Å². The fourth-order valence-electron chi connectivity index (χ4n) is 3.43. The number of aromatic nitrogens is 2. The summed E-state index contributed by atoms with van der Waals surface area (Å²) in [6.07, 6.45) is 0. The summed E-state index contributed by atoms with van der Waals surface area (Å²) in [5.41, 5.74) is 1.75. The zero-order valence-corrected chi connectivity index (χ0v) is 17.0. The quantitative estimate of drug-likeness (QED) is 0.485. The van der Waals surface area contributed by atoms with Gasteiger partial charge in [-0.3, -0.25) is 14.6 Å². The van der Waals surface area contributed by atoms with E-state index in [9.17, 15) is 9.59 Å². The van der Waals surface area contributed by atoms with E-state index in [4.69, 9.17) is 9.47 Å². The average Bonchev–Trinajstić information content (AvgIpc) is 3.20. The molecule has 0 spiro atoms. The normalized spacial score (nSPS) is 19.6. The van der Waals surface area contributed by atoms with Gasteiger partial charge in [0.05, 0.1) is 32.0 Å². The number of hydrogen-bond acceptors (Lipinski definition) is 6. The summed E-state index contributed by atoms with van der Waals surface area (Å²) in [5, 5.41) is 4.51. The molecular formula is C18H27N6O4+. The summed E-state index contributed by atoms with van der Waals surface area (Å²) < 4.78 is 14.1. The molecule has 1 unspecified atom stereocenters. The Morgan fingerprint density at radius 2 is 2.00 bits per heavy atom. The predicted octanol–water partition coefficient (Wildman–Crippen LogP) is 0.0741. The third-order valence-electron chi connectivity index (χ3n) is 4.79. The van der Waals surface area contributed by atoms with E-state index in [2.05, 4.69) is 10.1 Å². The summed E-state index contributed by atoms with van der Waals surface area (Å²) in [6.45, 7) is 7.67. The van der Waals surface area contributed by atoms with Crippen molar-refractivity contribution in [1.29, 1.82) is 0 Å². The van der Waals surface area contributed by atoms with Crippen LogP contribution in [0.5, 0.6) is 0 Å². The molecule has 1 aromatic heterocycles. The molecule has 0 radical (unpaired) electrons. The highest BCUT2D eigenvalue weighted by Crippen LogP contribution is 2.21. The van der Waals surface area contributed by atoms with E-state index in [0.717, 1.165) is 11.4 Å². The van der Waals surface area contributed by atoms with Crippen LogP contribution in [0.3, 0.4) is 0 Å². The molecule has 28 heavy (non-hydrogen) atoms. The molecule has 3 heterocycles. The smallest absolute Gasteiger partial charge is 0.383 e. The summed E-state index contributed by atoms with van der Waals surface area (Å²) in [6, 6.07) is 0.840. The number of amidine groups is 1. The number of carbonyl (C=O) groups is 2. The van der Waals surface area contributed by atoms with Gasteiger partial charge in [0, 0.05) is 20.8 Å². The number of carbonyl (C=O) groups excluding carboxylic acids is 2. The standard InChI is InChI=1S/C18H27N6O4/c1-6-28-10-8-22-14-15(19-17(22)24-13(3)11-12(2)20-24)21(4)18(26)23(16(14)25)7-9-27-5/h11,14H,6-10H2,1-5H3/q+1. The van der Waals surface area contributed by atoms with Crippen LogP contribution in [0.2, 0.25) is 0 Å². The first-order chi connectivity index (χ1) is 13.4. The van der Waals surface area contributed by atoms with Gasteiger partial charge in [0.25, 0.3) is 5.91 Å². The number of hydrogen-bond donors (Lipinski definition) is 0. The van der Waals surface area contributed by atoms with Crippen molar-refractivity contribution in [1.82, 2.24) is 19.6 Å². The third-order valence-corrected chi connectivity index (χ3v) is 4.79. The lowest BCUT2D eigenvalue weighted by atomic mass is 10.1. The SMILES string of the molecule is CCOCC[N+]1=C(n2nc(C)cc2C)N=C2C1C(=O)N(CCOC)C(=O)N2C. The first kappa shape index (κ1) is 20.2. The lowest BCUT2D eigenvalue weighted by Crippen LogP contribution is -2.63. The lowest BCUT2D eigenvalue weighted by Gasteiger charge is -2.34. The summed E-state index contributed by atoms with van der Waals surface area (Å²) >= 11 is 0. The van der Waals surface area contributed by atoms with Gasteiger partial charge in [-0.1, -0.05) is 4.99 Å². The van der Waals surface area contributed by atoms with Gasteiger partial charge in [-0.05, 0) is 26.8 Å². The van der Waals surface area contributed by atoms with Crippen LogP contribution in [0.1, 0.15) is 18.3 Å². The van der Waals surface area contributed by atoms with Crippen LogP contribution < -0.4 is 0 Å². The van der Waals surface area contributed by atoms with E-state index in [1.165, 1.54) is 16.9 Å². The third kappa shape index (κ3) is 3.45. The molecule has 3 amide bonds. The molecule has 2 aliphatic rings. The van der Waals surface area contributed by atoms with Crippen LogP contribution in [0.4, 0.5) is 4.79 Å². The highest BCUT2D eigenvalue weighted by atomic mass is 16.5. The van der Waals surface area contributed by atoms with Crippen LogP contribution in [-0.2, 0) is 14.3 Å². The molecule has 0 N–H and O–H groups in total. The van der Waals surface area contributed by atoms with E-state index in [1.807, 2.05) is 31.4 Å². The first-order valence-electron chi connectivity index (χ1n) is 9.32. The van der Waals surface area contributed by atoms with Crippen LogP contribution in [-0.4, -0.2) is 101 Å². The van der Waals surface area contributed by atoms with Crippen LogP contribution in [0.15, 0.2) is 11.1 Å². The number of aliphatic imine (C=N–C) groups is 1. The van der Waals surface area contributed by atoms with Gasteiger partial charge in [0.1, 0.15) is 5.69 Å². The number of ether oxygens (including phenoxy) is 2. The minimum absolute atomic E-state index is 0.191. The fourth-order valence-corrected chi connectivity index (χ4v) is 3.43. The second kappa shape index (κ2) is 8.19. The number of urea groups is 1. The maximum Gasteiger partial charge on any atom is 0.421 e. The number of fused-ring (bicyclic) bond motifs is 1. The highest BCUT2D eigenvalue weighted by Gasteiger charge is 2.53. The van der Waals surface area contributed by atoms with Gasteiger partial charge in [-0.25, -0.2) is 9.37 Å². The Kier molecular flexibility index (Phi) is 5.90. The molecule has 10 nitrogen and oxygen atoms in total. The molecule has 2 aliphatic heterocycles. The molecule has 0 aromatic carbocycles. The molecule has 1 atom stereocenters. The maximum atomic E-state index is 13.2. The Hall–Kier alpha value is -2.59. The van der Waals surface area contributed by atoms with E-state index in [-0.39, 0.29) is 19.1 Å². The number of likely N-dealkylation sites (N-methyl/N-ethyl adjacent to an activating group) is 1. The minimum atomic E-state index is -0.695. The number of nitrogens with zero attached hydrogens (tertiary/aromatic N) is 6. The van der Waals surface area contributed by atoms with Crippen molar-refractivity contribution in [3.05, 3.63) is 17.5 Å². The monoisotopic (exact) mass is 391 g/mol. The maximum absolute atomic E-state index is 13.2. The number of methoxy groups -OCH3 is 1. The molecule has 1 saturated heterocycles. The van der Waals surface area contributed by atoms with Crippen molar-refractivity contribution >= 4 is 23.7 Å². The number of imide groups is 1. The van der Waals surface area contributed by atoms with Gasteiger partial charge in [0.2, 0.25) is 11.9 Å². The Bertz CT molecular complexity index is 843. The summed E-state index contributed by atoms with van der Waals surface area (Å²) in [4.78, 5) is 33.2. The predicted molar refractivity (Wildman–Crippen MR) is 102 cm³/mol. The summed E-state index contributed by atoms with van der Waals surface area (Å²) in [5.74, 6) is 0.613. The summed E-state index contributed by atoms with van der Waals surface area (Å²) in [7, 11) is 3.17. The van der Waals surface area contributed by atoms with Crippen molar-refractivity contribution in [3.63, 3.8) is 0 Å². The Morgan fingerprint density at radius 1 is 1.25 bits per heavy atom. The largest absolute Gasteiger partial charge is 0.421 e. The van der Waals surface area contributed by atoms with E-state index in [1.54, 1.807) is 11.7 Å². The zero-order valence-electron chi connectivity index (χ0n) is 17.0.